The normalized spacial score (nSPS) is 22.8. The van der Waals surface area contributed by atoms with Gasteiger partial charge in [0, 0.05) is 25.3 Å². The predicted molar refractivity (Wildman–Crippen MR) is 117 cm³/mol. The van der Waals surface area contributed by atoms with E-state index in [0.717, 1.165) is 29.9 Å². The molecule has 3 unspecified atom stereocenters. The Morgan fingerprint density at radius 3 is 2.23 bits per heavy atom. The SMILES string of the molecule is CCN(CC)c1ccc(C2NC(=O)NC3C2C(=O)NC(=O)N3Cc2ccccc2)cc1. The Morgan fingerprint density at radius 1 is 0.903 bits per heavy atom. The summed E-state index contributed by atoms with van der Waals surface area (Å²) in [6, 6.07) is 15.9. The average molecular weight is 422 g/mol. The number of hydrogen-bond acceptors (Lipinski definition) is 4. The Hall–Kier alpha value is -3.55. The van der Waals surface area contributed by atoms with Crippen LogP contribution in [0, 0.1) is 5.92 Å². The fourth-order valence-corrected chi connectivity index (χ4v) is 4.35. The molecule has 2 aromatic rings. The van der Waals surface area contributed by atoms with Gasteiger partial charge in [-0.1, -0.05) is 42.5 Å². The molecule has 8 heteroatoms. The van der Waals surface area contributed by atoms with Gasteiger partial charge in [0.05, 0.1) is 6.04 Å². The van der Waals surface area contributed by atoms with Gasteiger partial charge >= 0.3 is 12.1 Å². The molecule has 2 aliphatic rings. The summed E-state index contributed by atoms with van der Waals surface area (Å²) in [7, 11) is 0. The molecule has 2 aromatic carbocycles. The van der Waals surface area contributed by atoms with Crippen LogP contribution in [-0.4, -0.2) is 42.1 Å². The van der Waals surface area contributed by atoms with Crippen molar-refractivity contribution >= 4 is 23.7 Å². The van der Waals surface area contributed by atoms with Gasteiger partial charge in [-0.3, -0.25) is 15.0 Å². The minimum atomic E-state index is -0.734. The van der Waals surface area contributed by atoms with Crippen LogP contribution in [0.15, 0.2) is 54.6 Å². The van der Waals surface area contributed by atoms with Crippen LogP contribution < -0.4 is 20.9 Å². The number of benzene rings is 2. The van der Waals surface area contributed by atoms with Crippen LogP contribution in [0.25, 0.3) is 0 Å². The second kappa shape index (κ2) is 8.67. The summed E-state index contributed by atoms with van der Waals surface area (Å²) in [5.74, 6) is -1.05. The summed E-state index contributed by atoms with van der Waals surface area (Å²) in [5.41, 5.74) is 2.82. The topological polar surface area (TPSA) is 93.8 Å². The van der Waals surface area contributed by atoms with Crippen LogP contribution in [0.2, 0.25) is 0 Å². The number of nitrogens with zero attached hydrogens (tertiary/aromatic N) is 2. The van der Waals surface area contributed by atoms with Gasteiger partial charge in [0.25, 0.3) is 0 Å². The Balaban J connectivity index is 1.63. The van der Waals surface area contributed by atoms with Crippen molar-refractivity contribution in [3.8, 4) is 0 Å². The Labute approximate surface area is 181 Å². The molecular formula is C23H27N5O3. The number of amides is 5. The molecule has 2 heterocycles. The first-order chi connectivity index (χ1) is 15.0. The number of rotatable bonds is 6. The molecule has 0 aromatic heterocycles. The molecule has 2 fully saturated rings. The van der Waals surface area contributed by atoms with E-state index in [-0.39, 0.29) is 6.54 Å². The molecule has 3 N–H and O–H groups in total. The maximum atomic E-state index is 12.8. The summed E-state index contributed by atoms with van der Waals surface area (Å²) in [5, 5.41) is 8.12. The van der Waals surface area contributed by atoms with Crippen molar-refractivity contribution in [2.75, 3.05) is 18.0 Å². The number of nitrogens with one attached hydrogen (secondary N) is 3. The summed E-state index contributed by atoms with van der Waals surface area (Å²) >= 11 is 0. The zero-order chi connectivity index (χ0) is 22.0. The third-order valence-electron chi connectivity index (χ3n) is 5.97. The number of urea groups is 2. The monoisotopic (exact) mass is 421 g/mol. The van der Waals surface area contributed by atoms with Crippen LogP contribution in [-0.2, 0) is 11.3 Å². The fourth-order valence-electron chi connectivity index (χ4n) is 4.35. The number of imide groups is 1. The third-order valence-corrected chi connectivity index (χ3v) is 5.97. The molecule has 2 aliphatic heterocycles. The highest BCUT2D eigenvalue weighted by Crippen LogP contribution is 2.33. The zero-order valence-corrected chi connectivity index (χ0v) is 17.7. The van der Waals surface area contributed by atoms with Crippen molar-refractivity contribution in [3.05, 3.63) is 65.7 Å². The van der Waals surface area contributed by atoms with E-state index in [4.69, 9.17) is 0 Å². The summed E-state index contributed by atoms with van der Waals surface area (Å²) < 4.78 is 0. The number of anilines is 1. The van der Waals surface area contributed by atoms with E-state index in [1.807, 2.05) is 54.6 Å². The molecule has 3 atom stereocenters. The lowest BCUT2D eigenvalue weighted by molar-refractivity contribution is -0.130. The lowest BCUT2D eigenvalue weighted by atomic mass is 9.86. The van der Waals surface area contributed by atoms with E-state index in [0.29, 0.717) is 0 Å². The number of hydrogen-bond donors (Lipinski definition) is 3. The highest BCUT2D eigenvalue weighted by atomic mass is 16.2. The van der Waals surface area contributed by atoms with E-state index in [1.165, 1.54) is 4.90 Å². The molecule has 0 bridgehead atoms. The first kappa shape index (κ1) is 20.7. The van der Waals surface area contributed by atoms with Crippen molar-refractivity contribution < 1.29 is 14.4 Å². The van der Waals surface area contributed by atoms with Crippen LogP contribution in [0.4, 0.5) is 15.3 Å². The van der Waals surface area contributed by atoms with Crippen LogP contribution in [0.3, 0.4) is 0 Å². The van der Waals surface area contributed by atoms with Crippen LogP contribution in [0.1, 0.15) is 31.0 Å². The van der Waals surface area contributed by atoms with Crippen molar-refractivity contribution in [2.24, 2.45) is 5.92 Å². The van der Waals surface area contributed by atoms with Gasteiger partial charge < -0.3 is 15.5 Å². The maximum Gasteiger partial charge on any atom is 0.326 e. The van der Waals surface area contributed by atoms with Gasteiger partial charge in [-0.15, -0.1) is 0 Å². The lowest BCUT2D eigenvalue weighted by Crippen LogP contribution is -2.71. The average Bonchev–Trinajstić information content (AvgIpc) is 2.78. The highest BCUT2D eigenvalue weighted by molar-refractivity contribution is 6.00. The Bertz CT molecular complexity index is 959. The summed E-state index contributed by atoms with van der Waals surface area (Å²) in [6.07, 6.45) is -0.734. The molecule has 2 saturated heterocycles. The number of carbonyl (C=O) groups is 3. The summed E-state index contributed by atoms with van der Waals surface area (Å²) in [6.45, 7) is 6.27. The second-order valence-electron chi connectivity index (χ2n) is 7.74. The molecule has 0 radical (unpaired) electrons. The van der Waals surface area contributed by atoms with Gasteiger partial charge in [0.15, 0.2) is 0 Å². The largest absolute Gasteiger partial charge is 0.372 e. The van der Waals surface area contributed by atoms with Crippen molar-refractivity contribution in [1.82, 2.24) is 20.9 Å². The third kappa shape index (κ3) is 4.05. The fraction of sp³-hybridized carbons (Fsp3) is 0.348. The van der Waals surface area contributed by atoms with E-state index >= 15 is 0 Å². The molecule has 31 heavy (non-hydrogen) atoms. The second-order valence-corrected chi connectivity index (χ2v) is 7.74. The van der Waals surface area contributed by atoms with Crippen LogP contribution in [0.5, 0.6) is 0 Å². The minimum absolute atomic E-state index is 0.287. The number of carbonyl (C=O) groups excluding carboxylic acids is 3. The van der Waals surface area contributed by atoms with Gasteiger partial charge in [0.1, 0.15) is 12.1 Å². The van der Waals surface area contributed by atoms with Crippen molar-refractivity contribution in [2.45, 2.75) is 32.6 Å². The smallest absolute Gasteiger partial charge is 0.326 e. The molecule has 5 amide bonds. The standard InChI is InChI=1S/C23H27N5O3/c1-3-27(4-2)17-12-10-16(11-13-17)19-18-20(25-22(30)24-19)28(23(31)26-21(18)29)14-15-8-6-5-7-9-15/h5-13,18-20H,3-4,14H2,1-2H3,(H2,24,25,30)(H,26,29,31). The maximum absolute atomic E-state index is 12.8. The summed E-state index contributed by atoms with van der Waals surface area (Å²) in [4.78, 5) is 41.7. The van der Waals surface area contributed by atoms with E-state index in [9.17, 15) is 14.4 Å². The first-order valence-corrected chi connectivity index (χ1v) is 10.6. The molecule has 0 spiro atoms. The lowest BCUT2D eigenvalue weighted by Gasteiger charge is -2.46. The Kier molecular flexibility index (Phi) is 5.79. The molecule has 4 rings (SSSR count). The molecular weight excluding hydrogens is 394 g/mol. The van der Waals surface area contributed by atoms with Gasteiger partial charge in [-0.25, -0.2) is 9.59 Å². The predicted octanol–water partition coefficient (Wildman–Crippen LogP) is 2.58. The molecule has 0 saturated carbocycles. The quantitative estimate of drug-likeness (QED) is 0.668. The molecule has 8 nitrogen and oxygen atoms in total. The molecule has 162 valence electrons. The van der Waals surface area contributed by atoms with E-state index in [2.05, 4.69) is 34.7 Å². The van der Waals surface area contributed by atoms with E-state index in [1.54, 1.807) is 0 Å². The number of fused-ring (bicyclic) bond motifs is 1. The van der Waals surface area contributed by atoms with Crippen LogP contribution >= 0.6 is 0 Å². The van der Waals surface area contributed by atoms with Crippen molar-refractivity contribution in [1.29, 1.82) is 0 Å². The van der Waals surface area contributed by atoms with Gasteiger partial charge in [-0.05, 0) is 37.1 Å². The Morgan fingerprint density at radius 2 is 1.58 bits per heavy atom. The van der Waals surface area contributed by atoms with E-state index < -0.39 is 36.1 Å². The van der Waals surface area contributed by atoms with Gasteiger partial charge in [-0.2, -0.15) is 0 Å². The highest BCUT2D eigenvalue weighted by Gasteiger charge is 2.49. The minimum Gasteiger partial charge on any atom is -0.372 e. The first-order valence-electron chi connectivity index (χ1n) is 10.6. The van der Waals surface area contributed by atoms with Crippen molar-refractivity contribution in [3.63, 3.8) is 0 Å². The van der Waals surface area contributed by atoms with Gasteiger partial charge in [0.2, 0.25) is 5.91 Å². The zero-order valence-electron chi connectivity index (χ0n) is 17.7. The molecule has 0 aliphatic carbocycles.